The summed E-state index contributed by atoms with van der Waals surface area (Å²) in [5.41, 5.74) is 3.56. The minimum atomic E-state index is 0.676. The van der Waals surface area contributed by atoms with Gasteiger partial charge in [0, 0.05) is 17.3 Å². The molecule has 0 aliphatic carbocycles. The van der Waals surface area contributed by atoms with Crippen LogP contribution in [0.25, 0.3) is 21.6 Å². The highest BCUT2D eigenvalue weighted by Crippen LogP contribution is 2.36. The van der Waals surface area contributed by atoms with Crippen molar-refractivity contribution in [3.63, 3.8) is 0 Å². The lowest BCUT2D eigenvalue weighted by molar-refractivity contribution is 0.415. The predicted octanol–water partition coefficient (Wildman–Crippen LogP) is 5.07. The second-order valence-corrected chi connectivity index (χ2v) is 6.80. The first-order valence-electron chi connectivity index (χ1n) is 7.12. The molecule has 0 atom stereocenters. The Bertz CT molecular complexity index is 799. The monoisotopic (exact) mass is 329 g/mol. The van der Waals surface area contributed by atoms with E-state index in [1.165, 1.54) is 21.6 Å². The quantitative estimate of drug-likeness (QED) is 0.483. The largest absolute Gasteiger partial charge is 0.497 e. The van der Waals surface area contributed by atoms with E-state index in [9.17, 15) is 0 Å². The minimum absolute atomic E-state index is 0.676. The summed E-state index contributed by atoms with van der Waals surface area (Å²) in [4.78, 5) is 1.24. The minimum Gasteiger partial charge on any atom is -0.497 e. The second-order valence-electron chi connectivity index (χ2n) is 4.69. The molecule has 1 aromatic heterocycles. The highest BCUT2D eigenvalue weighted by atomic mass is 32.9. The maximum Gasteiger partial charge on any atom is 0.419 e. The Balaban J connectivity index is 2.18. The fraction of sp³-hybridized carbons (Fsp3) is 0.167. The fourth-order valence-corrected chi connectivity index (χ4v) is 4.90. The SMILES string of the molecule is CC[O+]=c1ssc(-c2ccc(OC)cc2)c1-c1ccccc1. The van der Waals surface area contributed by atoms with E-state index >= 15 is 0 Å². The van der Waals surface area contributed by atoms with Gasteiger partial charge in [0.2, 0.25) is 0 Å². The van der Waals surface area contributed by atoms with Crippen LogP contribution in [0.1, 0.15) is 6.92 Å². The topological polar surface area (TPSA) is 20.5 Å². The van der Waals surface area contributed by atoms with Crippen molar-refractivity contribution in [2.75, 3.05) is 13.7 Å². The van der Waals surface area contributed by atoms with Gasteiger partial charge in [0.05, 0.1) is 12.0 Å². The molecular formula is C18H17O2S2+. The van der Waals surface area contributed by atoms with Gasteiger partial charge in [-0.3, -0.25) is 0 Å². The molecule has 0 aliphatic heterocycles. The van der Waals surface area contributed by atoms with E-state index < -0.39 is 0 Å². The summed E-state index contributed by atoms with van der Waals surface area (Å²) in [6.07, 6.45) is 0. The normalized spacial score (nSPS) is 11.6. The summed E-state index contributed by atoms with van der Waals surface area (Å²) in [6.45, 7) is 2.70. The number of methoxy groups -OCH3 is 1. The van der Waals surface area contributed by atoms with E-state index in [0.717, 1.165) is 10.5 Å². The Kier molecular flexibility index (Phi) is 4.71. The van der Waals surface area contributed by atoms with Gasteiger partial charge in [0.1, 0.15) is 11.3 Å². The van der Waals surface area contributed by atoms with Gasteiger partial charge in [0.25, 0.3) is 6.61 Å². The van der Waals surface area contributed by atoms with Crippen molar-refractivity contribution in [3.8, 4) is 27.3 Å². The number of rotatable bonds is 4. The van der Waals surface area contributed by atoms with Gasteiger partial charge in [-0.15, -0.1) is 0 Å². The molecule has 1 heterocycles. The van der Waals surface area contributed by atoms with Crippen LogP contribution in [0.5, 0.6) is 5.75 Å². The first-order valence-corrected chi connectivity index (χ1v) is 9.27. The lowest BCUT2D eigenvalue weighted by Crippen LogP contribution is -1.99. The van der Waals surface area contributed by atoms with Crippen LogP contribution in [0.3, 0.4) is 0 Å². The van der Waals surface area contributed by atoms with Gasteiger partial charge in [-0.05, 0) is 35.4 Å². The zero-order valence-electron chi connectivity index (χ0n) is 12.5. The molecule has 2 nitrogen and oxygen atoms in total. The number of ether oxygens (including phenoxy) is 1. The van der Waals surface area contributed by atoms with Crippen LogP contribution in [0, 0.1) is 0 Å². The van der Waals surface area contributed by atoms with Gasteiger partial charge in [-0.2, -0.15) is 0 Å². The Labute approximate surface area is 137 Å². The Morgan fingerprint density at radius 3 is 2.27 bits per heavy atom. The summed E-state index contributed by atoms with van der Waals surface area (Å²) in [5, 5.41) is 0. The molecule has 0 radical (unpaired) electrons. The van der Waals surface area contributed by atoms with Crippen molar-refractivity contribution in [1.82, 2.24) is 0 Å². The van der Waals surface area contributed by atoms with Gasteiger partial charge >= 0.3 is 4.74 Å². The molecule has 0 aliphatic rings. The van der Waals surface area contributed by atoms with Crippen molar-refractivity contribution >= 4 is 20.7 Å². The Morgan fingerprint density at radius 2 is 1.64 bits per heavy atom. The van der Waals surface area contributed by atoms with Gasteiger partial charge < -0.3 is 4.74 Å². The molecule has 0 fully saturated rings. The average Bonchev–Trinajstić information content (AvgIpc) is 3.00. The number of hydrogen-bond acceptors (Lipinski definition) is 3. The molecular weight excluding hydrogens is 312 g/mol. The molecule has 3 aromatic rings. The second kappa shape index (κ2) is 6.90. The summed E-state index contributed by atoms with van der Waals surface area (Å²) in [7, 11) is 5.13. The number of benzene rings is 2. The molecule has 0 saturated carbocycles. The van der Waals surface area contributed by atoms with Crippen molar-refractivity contribution in [3.05, 3.63) is 63.8 Å². The lowest BCUT2D eigenvalue weighted by Gasteiger charge is -2.03. The van der Waals surface area contributed by atoms with Crippen LogP contribution in [0.15, 0.2) is 59.0 Å². The van der Waals surface area contributed by atoms with Crippen LogP contribution < -0.4 is 9.48 Å². The number of hydrogen-bond donors (Lipinski definition) is 0. The van der Waals surface area contributed by atoms with E-state index in [0.29, 0.717) is 6.61 Å². The Morgan fingerprint density at radius 1 is 0.909 bits per heavy atom. The standard InChI is InChI=1S/C18H17O2S2/c1-3-20-18-16(13-7-5-4-6-8-13)17(21-22-18)14-9-11-15(19-2)12-10-14/h4-12H,3H2,1-2H3/q+1. The smallest absolute Gasteiger partial charge is 0.419 e. The maximum atomic E-state index is 5.84. The third kappa shape index (κ3) is 2.98. The van der Waals surface area contributed by atoms with Crippen molar-refractivity contribution in [2.24, 2.45) is 0 Å². The average molecular weight is 329 g/mol. The van der Waals surface area contributed by atoms with E-state index in [2.05, 4.69) is 36.4 Å². The summed E-state index contributed by atoms with van der Waals surface area (Å²) in [6, 6.07) is 18.6. The van der Waals surface area contributed by atoms with Crippen LogP contribution in [0.2, 0.25) is 0 Å². The third-order valence-electron chi connectivity index (χ3n) is 3.32. The summed E-state index contributed by atoms with van der Waals surface area (Å²) in [5.74, 6) is 0.871. The molecule has 22 heavy (non-hydrogen) atoms. The Hall–Kier alpha value is -1.91. The highest BCUT2D eigenvalue weighted by Gasteiger charge is 2.19. The van der Waals surface area contributed by atoms with Crippen LogP contribution in [-0.4, -0.2) is 13.7 Å². The molecule has 0 N–H and O–H groups in total. The molecule has 0 saturated heterocycles. The molecule has 0 bridgehead atoms. The van der Waals surface area contributed by atoms with E-state index in [1.54, 1.807) is 27.8 Å². The molecule has 4 heteroatoms. The first-order chi connectivity index (χ1) is 10.8. The third-order valence-corrected chi connectivity index (χ3v) is 5.69. The lowest BCUT2D eigenvalue weighted by atomic mass is 10.0. The predicted molar refractivity (Wildman–Crippen MR) is 96.4 cm³/mol. The maximum absolute atomic E-state index is 5.84. The molecule has 0 spiro atoms. The highest BCUT2D eigenvalue weighted by molar-refractivity contribution is 7.70. The molecule has 3 rings (SSSR count). The van der Waals surface area contributed by atoms with E-state index in [1.807, 2.05) is 25.1 Å². The van der Waals surface area contributed by atoms with Crippen molar-refractivity contribution in [1.29, 1.82) is 0 Å². The van der Waals surface area contributed by atoms with Gasteiger partial charge in [-0.25, -0.2) is 4.42 Å². The van der Waals surface area contributed by atoms with Crippen molar-refractivity contribution in [2.45, 2.75) is 6.92 Å². The van der Waals surface area contributed by atoms with Gasteiger partial charge in [0.15, 0.2) is 0 Å². The molecule has 0 amide bonds. The molecule has 2 aromatic carbocycles. The fourth-order valence-electron chi connectivity index (χ4n) is 2.27. The first kappa shape index (κ1) is 15.0. The zero-order valence-corrected chi connectivity index (χ0v) is 14.2. The van der Waals surface area contributed by atoms with Gasteiger partial charge in [-0.1, -0.05) is 40.7 Å². The molecule has 112 valence electrons. The van der Waals surface area contributed by atoms with E-state index in [-0.39, 0.29) is 0 Å². The van der Waals surface area contributed by atoms with Crippen molar-refractivity contribution < 1.29 is 4.74 Å². The molecule has 0 unspecified atom stereocenters. The van der Waals surface area contributed by atoms with E-state index in [4.69, 9.17) is 9.16 Å². The van der Waals surface area contributed by atoms with Crippen LogP contribution in [-0.2, 0) is 0 Å². The zero-order chi connectivity index (χ0) is 15.4. The van der Waals surface area contributed by atoms with Crippen LogP contribution >= 0.6 is 20.7 Å². The van der Waals surface area contributed by atoms with Crippen LogP contribution in [0.4, 0.5) is 0 Å². The summed E-state index contributed by atoms with van der Waals surface area (Å²) >= 11 is 0. The summed E-state index contributed by atoms with van der Waals surface area (Å²) < 4.78 is 12.1.